The summed E-state index contributed by atoms with van der Waals surface area (Å²) in [7, 11) is 0. The first-order valence-electron chi connectivity index (χ1n) is 6.49. The molecule has 0 saturated carbocycles. The van der Waals surface area contributed by atoms with Crippen LogP contribution >= 0.6 is 11.6 Å². The Bertz CT molecular complexity index is 771. The monoisotopic (exact) mass is 362 g/mol. The van der Waals surface area contributed by atoms with E-state index in [1.165, 1.54) is 25.1 Å². The zero-order valence-corrected chi connectivity index (χ0v) is 12.9. The van der Waals surface area contributed by atoms with Crippen LogP contribution < -0.4 is 15.8 Å². The van der Waals surface area contributed by atoms with E-state index >= 15 is 0 Å². The Balaban J connectivity index is 2.32. The summed E-state index contributed by atoms with van der Waals surface area (Å²) in [6.07, 6.45) is -4.73. The van der Waals surface area contributed by atoms with Gasteiger partial charge in [0.15, 0.2) is 11.6 Å². The quantitative estimate of drug-likeness (QED) is 0.607. The van der Waals surface area contributed by atoms with Crippen molar-refractivity contribution in [2.24, 2.45) is 0 Å². The molecule has 128 valence electrons. The largest absolute Gasteiger partial charge is 0.453 e. The molecule has 0 atom stereocenters. The molecule has 0 saturated heterocycles. The van der Waals surface area contributed by atoms with E-state index in [4.69, 9.17) is 22.1 Å². The molecule has 0 heterocycles. The van der Waals surface area contributed by atoms with Gasteiger partial charge in [0.25, 0.3) is 0 Å². The molecule has 2 aromatic carbocycles. The molecule has 0 aliphatic rings. The molecule has 2 rings (SSSR count). The van der Waals surface area contributed by atoms with Gasteiger partial charge in [0.05, 0.1) is 22.0 Å². The number of alkyl halides is 3. The van der Waals surface area contributed by atoms with Crippen molar-refractivity contribution in [3.63, 3.8) is 0 Å². The molecule has 0 aromatic heterocycles. The maximum absolute atomic E-state index is 13.9. The second-order valence-corrected chi connectivity index (χ2v) is 5.21. The van der Waals surface area contributed by atoms with Crippen molar-refractivity contribution >= 4 is 28.9 Å². The number of nitrogens with two attached hydrogens (primary N) is 1. The Morgan fingerprint density at radius 2 is 1.92 bits per heavy atom. The minimum Gasteiger partial charge on any atom is -0.453 e. The highest BCUT2D eigenvalue weighted by molar-refractivity contribution is 6.32. The maximum Gasteiger partial charge on any atom is 0.416 e. The Kier molecular flexibility index (Phi) is 4.88. The highest BCUT2D eigenvalue weighted by Gasteiger charge is 2.32. The molecule has 4 nitrogen and oxygen atoms in total. The first kappa shape index (κ1) is 17.9. The van der Waals surface area contributed by atoms with Crippen molar-refractivity contribution in [3.05, 3.63) is 46.7 Å². The number of hydrogen-bond acceptors (Lipinski definition) is 3. The molecular weight excluding hydrogens is 352 g/mol. The summed E-state index contributed by atoms with van der Waals surface area (Å²) in [5.41, 5.74) is 4.93. The summed E-state index contributed by atoms with van der Waals surface area (Å²) < 4.78 is 56.8. The highest BCUT2D eigenvalue weighted by Crippen LogP contribution is 2.39. The Morgan fingerprint density at radius 1 is 1.25 bits per heavy atom. The normalized spacial score (nSPS) is 11.2. The van der Waals surface area contributed by atoms with Crippen LogP contribution in [0.15, 0.2) is 30.3 Å². The lowest BCUT2D eigenvalue weighted by molar-refractivity contribution is -0.137. The number of nitrogens with one attached hydrogen (secondary N) is 1. The first-order valence-corrected chi connectivity index (χ1v) is 6.87. The minimum atomic E-state index is -4.73. The SMILES string of the molecule is CC(=O)Nc1ccc(Oc2c(F)cc(C(F)(F)F)cc2Cl)cc1N. The van der Waals surface area contributed by atoms with E-state index in [9.17, 15) is 22.4 Å². The van der Waals surface area contributed by atoms with Crippen molar-refractivity contribution in [3.8, 4) is 11.5 Å². The molecule has 9 heteroatoms. The average Bonchev–Trinajstić information content (AvgIpc) is 2.44. The molecule has 0 fully saturated rings. The van der Waals surface area contributed by atoms with Crippen LogP contribution in [0.1, 0.15) is 12.5 Å². The number of hydrogen-bond donors (Lipinski definition) is 2. The van der Waals surface area contributed by atoms with Crippen LogP contribution in [0.5, 0.6) is 11.5 Å². The van der Waals surface area contributed by atoms with Crippen molar-refractivity contribution in [2.75, 3.05) is 11.1 Å². The second-order valence-electron chi connectivity index (χ2n) is 4.80. The molecule has 0 bridgehead atoms. The number of benzene rings is 2. The maximum atomic E-state index is 13.9. The van der Waals surface area contributed by atoms with E-state index in [0.29, 0.717) is 11.8 Å². The van der Waals surface area contributed by atoms with Crippen LogP contribution in [-0.2, 0) is 11.0 Å². The Morgan fingerprint density at radius 3 is 2.42 bits per heavy atom. The van der Waals surface area contributed by atoms with Gasteiger partial charge in [-0.3, -0.25) is 4.79 Å². The van der Waals surface area contributed by atoms with Gasteiger partial charge in [0.1, 0.15) is 5.75 Å². The number of carbonyl (C=O) groups is 1. The lowest BCUT2D eigenvalue weighted by Gasteiger charge is -2.13. The third-order valence-electron chi connectivity index (χ3n) is 2.88. The lowest BCUT2D eigenvalue weighted by atomic mass is 10.2. The van der Waals surface area contributed by atoms with Crippen LogP contribution in [0.25, 0.3) is 0 Å². The molecule has 0 unspecified atom stereocenters. The summed E-state index contributed by atoms with van der Waals surface area (Å²) in [5.74, 6) is -2.12. The average molecular weight is 363 g/mol. The van der Waals surface area contributed by atoms with E-state index in [2.05, 4.69) is 5.32 Å². The van der Waals surface area contributed by atoms with E-state index < -0.39 is 28.3 Å². The van der Waals surface area contributed by atoms with Gasteiger partial charge in [0, 0.05) is 13.0 Å². The molecule has 24 heavy (non-hydrogen) atoms. The van der Waals surface area contributed by atoms with Crippen LogP contribution in [0.3, 0.4) is 0 Å². The third-order valence-corrected chi connectivity index (χ3v) is 3.16. The lowest BCUT2D eigenvalue weighted by Crippen LogP contribution is -2.08. The van der Waals surface area contributed by atoms with Gasteiger partial charge in [-0.2, -0.15) is 13.2 Å². The van der Waals surface area contributed by atoms with E-state index in [1.54, 1.807) is 0 Å². The summed E-state index contributed by atoms with van der Waals surface area (Å²) in [5, 5.41) is 1.93. The number of ether oxygens (including phenoxy) is 1. The number of rotatable bonds is 3. The third kappa shape index (κ3) is 4.08. The zero-order valence-electron chi connectivity index (χ0n) is 12.2. The van der Waals surface area contributed by atoms with E-state index in [-0.39, 0.29) is 23.4 Å². The van der Waals surface area contributed by atoms with Crippen LogP contribution in [0, 0.1) is 5.82 Å². The molecule has 1 amide bonds. The van der Waals surface area contributed by atoms with Gasteiger partial charge in [0.2, 0.25) is 5.91 Å². The predicted molar refractivity (Wildman–Crippen MR) is 81.6 cm³/mol. The summed E-state index contributed by atoms with van der Waals surface area (Å²) in [4.78, 5) is 11.0. The Labute approximate surface area is 139 Å². The standard InChI is InChI=1S/C15H11ClF4N2O2/c1-7(23)22-13-3-2-9(6-12(13)21)24-14-10(16)4-8(5-11(14)17)15(18,19)20/h2-6H,21H2,1H3,(H,22,23). The fourth-order valence-corrected chi connectivity index (χ4v) is 2.09. The van der Waals surface area contributed by atoms with Gasteiger partial charge in [-0.25, -0.2) is 4.39 Å². The van der Waals surface area contributed by atoms with Crippen LogP contribution in [0.4, 0.5) is 28.9 Å². The van der Waals surface area contributed by atoms with Gasteiger partial charge in [-0.15, -0.1) is 0 Å². The van der Waals surface area contributed by atoms with Gasteiger partial charge in [-0.05, 0) is 24.3 Å². The van der Waals surface area contributed by atoms with Gasteiger partial charge in [-0.1, -0.05) is 11.6 Å². The summed E-state index contributed by atoms with van der Waals surface area (Å²) in [6, 6.07) is 4.89. The summed E-state index contributed by atoms with van der Waals surface area (Å²) in [6.45, 7) is 1.29. The molecular formula is C15H11ClF4N2O2. The smallest absolute Gasteiger partial charge is 0.416 e. The fraction of sp³-hybridized carbons (Fsp3) is 0.133. The van der Waals surface area contributed by atoms with Crippen molar-refractivity contribution in [1.29, 1.82) is 0 Å². The van der Waals surface area contributed by atoms with E-state index in [1.807, 2.05) is 0 Å². The van der Waals surface area contributed by atoms with Crippen molar-refractivity contribution in [1.82, 2.24) is 0 Å². The van der Waals surface area contributed by atoms with Crippen LogP contribution in [0.2, 0.25) is 5.02 Å². The number of carbonyl (C=O) groups excluding carboxylic acids is 1. The van der Waals surface area contributed by atoms with Gasteiger partial charge < -0.3 is 15.8 Å². The second kappa shape index (κ2) is 6.56. The molecule has 3 N–H and O–H groups in total. The zero-order chi connectivity index (χ0) is 18.1. The number of anilines is 2. The number of halogens is 5. The topological polar surface area (TPSA) is 64.3 Å². The Hall–Kier alpha value is -2.48. The first-order chi connectivity index (χ1) is 11.1. The molecule has 0 radical (unpaired) electrons. The van der Waals surface area contributed by atoms with Crippen molar-refractivity contribution in [2.45, 2.75) is 13.1 Å². The molecule has 0 aliphatic heterocycles. The van der Waals surface area contributed by atoms with Crippen LogP contribution in [-0.4, -0.2) is 5.91 Å². The van der Waals surface area contributed by atoms with Gasteiger partial charge >= 0.3 is 6.18 Å². The molecule has 2 aromatic rings. The summed E-state index contributed by atoms with van der Waals surface area (Å²) >= 11 is 5.68. The van der Waals surface area contributed by atoms with E-state index in [0.717, 1.165) is 0 Å². The fourth-order valence-electron chi connectivity index (χ4n) is 1.85. The number of nitrogen functional groups attached to an aromatic ring is 1. The number of amides is 1. The predicted octanol–water partition coefficient (Wildman–Crippen LogP) is 4.83. The van der Waals surface area contributed by atoms with Crippen molar-refractivity contribution < 1.29 is 27.1 Å². The molecule has 0 aliphatic carbocycles. The highest BCUT2D eigenvalue weighted by atomic mass is 35.5. The molecule has 0 spiro atoms. The minimum absolute atomic E-state index is 0.0437.